The van der Waals surface area contributed by atoms with Crippen LogP contribution >= 0.6 is 0 Å². The number of pyridine rings is 1. The van der Waals surface area contributed by atoms with Crippen molar-refractivity contribution in [3.05, 3.63) is 90.4 Å². The molecule has 0 amide bonds. The quantitative estimate of drug-likeness (QED) is 0.359. The van der Waals surface area contributed by atoms with E-state index in [-0.39, 0.29) is 6.61 Å². The zero-order valence-corrected chi connectivity index (χ0v) is 17.9. The van der Waals surface area contributed by atoms with Gasteiger partial charge in [-0.2, -0.15) is 5.10 Å². The second-order valence-electron chi connectivity index (χ2n) is 7.53. The lowest BCUT2D eigenvalue weighted by molar-refractivity contribution is 0.282. The highest BCUT2D eigenvalue weighted by Crippen LogP contribution is 2.27. The summed E-state index contributed by atoms with van der Waals surface area (Å²) in [4.78, 5) is 17.8. The summed E-state index contributed by atoms with van der Waals surface area (Å²) in [5.41, 5.74) is 6.17. The Hall–Kier alpha value is -4.43. The molecule has 0 spiro atoms. The van der Waals surface area contributed by atoms with E-state index in [1.165, 1.54) is 0 Å². The molecule has 0 fully saturated rings. The van der Waals surface area contributed by atoms with Gasteiger partial charge in [-0.15, -0.1) is 0 Å². The number of hydrogen-bond donors (Lipinski definition) is 3. The molecular weight excluding hydrogens is 414 g/mol. The van der Waals surface area contributed by atoms with Crippen LogP contribution in [0.3, 0.4) is 0 Å². The minimum Gasteiger partial charge on any atom is -0.392 e. The Morgan fingerprint density at radius 1 is 0.909 bits per heavy atom. The van der Waals surface area contributed by atoms with Crippen molar-refractivity contribution in [1.82, 2.24) is 30.1 Å². The average Bonchev–Trinajstić information content (AvgIpc) is 3.37. The molecule has 5 aromatic rings. The summed E-state index contributed by atoms with van der Waals surface area (Å²) in [5.74, 6) is 1.71. The molecular formula is C25H21N7O. The van der Waals surface area contributed by atoms with E-state index in [4.69, 9.17) is 0 Å². The molecule has 33 heavy (non-hydrogen) atoms. The van der Waals surface area contributed by atoms with Crippen LogP contribution in [-0.2, 0) is 6.61 Å². The number of aromatic amines is 1. The van der Waals surface area contributed by atoms with Gasteiger partial charge in [0.1, 0.15) is 0 Å². The molecule has 162 valence electrons. The summed E-state index contributed by atoms with van der Waals surface area (Å²) < 4.78 is 0. The zero-order chi connectivity index (χ0) is 22.6. The lowest BCUT2D eigenvalue weighted by Crippen LogP contribution is -2.00. The Morgan fingerprint density at radius 2 is 1.82 bits per heavy atom. The van der Waals surface area contributed by atoms with E-state index in [1.807, 2.05) is 67.6 Å². The summed E-state index contributed by atoms with van der Waals surface area (Å²) in [6.07, 6.45) is 5.23. The maximum absolute atomic E-state index is 9.38. The monoisotopic (exact) mass is 435 g/mol. The van der Waals surface area contributed by atoms with Crippen molar-refractivity contribution in [2.75, 3.05) is 5.32 Å². The lowest BCUT2D eigenvalue weighted by atomic mass is 10.1. The van der Waals surface area contributed by atoms with E-state index < -0.39 is 0 Å². The Kier molecular flexibility index (Phi) is 5.57. The second-order valence-corrected chi connectivity index (χ2v) is 7.53. The molecule has 0 atom stereocenters. The Balaban J connectivity index is 1.42. The summed E-state index contributed by atoms with van der Waals surface area (Å²) in [5, 5.41) is 20.1. The fourth-order valence-electron chi connectivity index (χ4n) is 3.45. The van der Waals surface area contributed by atoms with Crippen LogP contribution in [0.25, 0.3) is 34.0 Å². The molecule has 2 aromatic carbocycles. The smallest absolute Gasteiger partial charge is 0.227 e. The molecule has 0 saturated heterocycles. The topological polar surface area (TPSA) is 112 Å². The number of nitrogens with zero attached hydrogens (tertiary/aromatic N) is 5. The van der Waals surface area contributed by atoms with Crippen molar-refractivity contribution in [2.24, 2.45) is 0 Å². The highest BCUT2D eigenvalue weighted by atomic mass is 16.3. The van der Waals surface area contributed by atoms with E-state index in [0.717, 1.165) is 39.2 Å². The SMILES string of the molecule is Cc1ccc(-c2nc(-c3cccc(CO)c3)n[nH]2)cc1Nc1nccc(-c2cccnc2)n1. The van der Waals surface area contributed by atoms with Crippen molar-refractivity contribution in [2.45, 2.75) is 13.5 Å². The van der Waals surface area contributed by atoms with Crippen molar-refractivity contribution >= 4 is 11.6 Å². The number of rotatable bonds is 6. The molecule has 3 N–H and O–H groups in total. The normalized spacial score (nSPS) is 10.8. The Labute approximate surface area is 190 Å². The number of aromatic nitrogens is 6. The van der Waals surface area contributed by atoms with Gasteiger partial charge in [-0.1, -0.05) is 30.3 Å². The van der Waals surface area contributed by atoms with Gasteiger partial charge in [0.25, 0.3) is 0 Å². The highest BCUT2D eigenvalue weighted by molar-refractivity contribution is 5.70. The van der Waals surface area contributed by atoms with E-state index >= 15 is 0 Å². The van der Waals surface area contributed by atoms with Crippen LogP contribution in [0.5, 0.6) is 0 Å². The van der Waals surface area contributed by atoms with Gasteiger partial charge in [-0.3, -0.25) is 10.1 Å². The highest BCUT2D eigenvalue weighted by Gasteiger charge is 2.11. The van der Waals surface area contributed by atoms with Crippen LogP contribution in [0.15, 0.2) is 79.3 Å². The van der Waals surface area contributed by atoms with E-state index in [9.17, 15) is 5.11 Å². The molecule has 0 aliphatic rings. The van der Waals surface area contributed by atoms with Crippen LogP contribution < -0.4 is 5.32 Å². The minimum absolute atomic E-state index is 0.0256. The minimum atomic E-state index is -0.0256. The van der Waals surface area contributed by atoms with Crippen molar-refractivity contribution < 1.29 is 5.11 Å². The van der Waals surface area contributed by atoms with Gasteiger partial charge in [0, 0.05) is 41.0 Å². The predicted octanol–water partition coefficient (Wildman–Crippen LogP) is 4.54. The third kappa shape index (κ3) is 4.46. The molecule has 0 unspecified atom stereocenters. The van der Waals surface area contributed by atoms with Crippen LogP contribution in [-0.4, -0.2) is 35.2 Å². The molecule has 0 radical (unpaired) electrons. The standard InChI is InChI=1S/C25H21N7O/c1-16-7-8-19(24-30-23(31-32-24)18-5-2-4-17(12-18)15-33)13-22(16)29-25-27-11-9-21(28-25)20-6-3-10-26-14-20/h2-14,33H,15H2,1H3,(H,27,28,29)(H,30,31,32). The van der Waals surface area contributed by atoms with E-state index in [2.05, 4.69) is 35.5 Å². The lowest BCUT2D eigenvalue weighted by Gasteiger charge is -2.10. The first-order valence-electron chi connectivity index (χ1n) is 10.4. The maximum Gasteiger partial charge on any atom is 0.227 e. The largest absolute Gasteiger partial charge is 0.392 e. The number of nitrogens with one attached hydrogen (secondary N) is 2. The number of H-pyrrole nitrogens is 1. The second kappa shape index (κ2) is 8.97. The third-order valence-corrected chi connectivity index (χ3v) is 5.22. The molecule has 0 aliphatic heterocycles. The maximum atomic E-state index is 9.38. The van der Waals surface area contributed by atoms with Gasteiger partial charge >= 0.3 is 0 Å². The van der Waals surface area contributed by atoms with Crippen molar-refractivity contribution in [1.29, 1.82) is 0 Å². The Morgan fingerprint density at radius 3 is 2.67 bits per heavy atom. The Bertz CT molecular complexity index is 1400. The van der Waals surface area contributed by atoms with Gasteiger partial charge in [0.2, 0.25) is 5.95 Å². The number of benzene rings is 2. The molecule has 5 rings (SSSR count). The van der Waals surface area contributed by atoms with Gasteiger partial charge in [-0.25, -0.2) is 15.0 Å². The fourth-order valence-corrected chi connectivity index (χ4v) is 3.45. The molecule has 0 saturated carbocycles. The number of aliphatic hydroxyl groups is 1. The van der Waals surface area contributed by atoms with Crippen LogP contribution in [0.1, 0.15) is 11.1 Å². The van der Waals surface area contributed by atoms with Gasteiger partial charge in [-0.05, 0) is 48.4 Å². The van der Waals surface area contributed by atoms with Crippen LogP contribution in [0.2, 0.25) is 0 Å². The zero-order valence-electron chi connectivity index (χ0n) is 17.9. The number of aryl methyl sites for hydroxylation is 1. The summed E-state index contributed by atoms with van der Waals surface area (Å²) in [7, 11) is 0. The van der Waals surface area contributed by atoms with E-state index in [1.54, 1.807) is 18.6 Å². The molecule has 3 aromatic heterocycles. The van der Waals surface area contributed by atoms with Gasteiger partial charge in [0.05, 0.1) is 12.3 Å². The first-order chi connectivity index (χ1) is 16.2. The van der Waals surface area contributed by atoms with Crippen LogP contribution in [0, 0.1) is 6.92 Å². The van der Waals surface area contributed by atoms with Gasteiger partial charge in [0.15, 0.2) is 11.6 Å². The molecule has 0 aliphatic carbocycles. The van der Waals surface area contributed by atoms with Gasteiger partial charge < -0.3 is 10.4 Å². The number of aliphatic hydroxyl groups excluding tert-OH is 1. The fraction of sp³-hybridized carbons (Fsp3) is 0.0800. The average molecular weight is 435 g/mol. The molecule has 8 nitrogen and oxygen atoms in total. The van der Waals surface area contributed by atoms with Crippen molar-refractivity contribution in [3.8, 4) is 34.0 Å². The first-order valence-corrected chi connectivity index (χ1v) is 10.4. The summed E-state index contributed by atoms with van der Waals surface area (Å²) >= 11 is 0. The van der Waals surface area contributed by atoms with Crippen LogP contribution in [0.4, 0.5) is 11.6 Å². The first kappa shape index (κ1) is 20.5. The molecule has 3 heterocycles. The number of anilines is 2. The molecule has 0 bridgehead atoms. The molecule has 8 heteroatoms. The predicted molar refractivity (Wildman–Crippen MR) is 126 cm³/mol. The number of hydrogen-bond acceptors (Lipinski definition) is 7. The summed E-state index contributed by atoms with van der Waals surface area (Å²) in [6, 6.07) is 19.2. The van der Waals surface area contributed by atoms with Crippen molar-refractivity contribution in [3.63, 3.8) is 0 Å². The third-order valence-electron chi connectivity index (χ3n) is 5.22. The summed E-state index contributed by atoms with van der Waals surface area (Å²) in [6.45, 7) is 1.99. The van der Waals surface area contributed by atoms with E-state index in [0.29, 0.717) is 17.6 Å².